The second-order valence-electron chi connectivity index (χ2n) is 9.09. The molecule has 2 aliphatic rings. The van der Waals surface area contributed by atoms with Gasteiger partial charge < -0.3 is 0 Å². The van der Waals surface area contributed by atoms with Gasteiger partial charge in [0.15, 0.2) is 0 Å². The van der Waals surface area contributed by atoms with Gasteiger partial charge >= 0.3 is 0 Å². The Morgan fingerprint density at radius 2 is 1.38 bits per heavy atom. The fourth-order valence-corrected chi connectivity index (χ4v) is 5.15. The van der Waals surface area contributed by atoms with Crippen LogP contribution in [-0.2, 0) is 6.42 Å². The topological polar surface area (TPSA) is 0 Å². The van der Waals surface area contributed by atoms with Crippen LogP contribution in [0.1, 0.15) is 95.6 Å². The van der Waals surface area contributed by atoms with Gasteiger partial charge in [0.2, 0.25) is 0 Å². The van der Waals surface area contributed by atoms with Crippen LogP contribution < -0.4 is 0 Å². The van der Waals surface area contributed by atoms with E-state index in [-0.39, 0.29) is 0 Å². The van der Waals surface area contributed by atoms with Gasteiger partial charge in [-0.1, -0.05) is 64.3 Å². The molecule has 0 bridgehead atoms. The van der Waals surface area contributed by atoms with E-state index in [0.29, 0.717) is 0 Å². The molecular formula is C24H38. The molecule has 0 saturated heterocycles. The lowest BCUT2D eigenvalue weighted by atomic mass is 9.68. The van der Waals surface area contributed by atoms with Crippen molar-refractivity contribution in [1.29, 1.82) is 0 Å². The molecule has 0 aromatic heterocycles. The van der Waals surface area contributed by atoms with Crippen molar-refractivity contribution in [2.75, 3.05) is 0 Å². The highest BCUT2D eigenvalue weighted by atomic mass is 14.4. The molecule has 0 aliphatic heterocycles. The summed E-state index contributed by atoms with van der Waals surface area (Å²) < 4.78 is 0. The first kappa shape index (κ1) is 18.0. The van der Waals surface area contributed by atoms with E-state index in [1.165, 1.54) is 69.8 Å². The molecular weight excluding hydrogens is 288 g/mol. The second-order valence-corrected chi connectivity index (χ2v) is 9.09. The van der Waals surface area contributed by atoms with Crippen molar-refractivity contribution in [3.05, 3.63) is 35.4 Å². The van der Waals surface area contributed by atoms with Crippen LogP contribution in [0.25, 0.3) is 0 Å². The maximum absolute atomic E-state index is 2.44. The normalized spacial score (nSPS) is 32.5. The zero-order valence-electron chi connectivity index (χ0n) is 16.3. The van der Waals surface area contributed by atoms with Gasteiger partial charge in [-0.25, -0.2) is 0 Å². The van der Waals surface area contributed by atoms with Crippen LogP contribution in [0, 0.1) is 23.7 Å². The molecule has 134 valence electrons. The Bertz CT molecular complexity index is 469. The van der Waals surface area contributed by atoms with E-state index in [1.54, 1.807) is 5.56 Å². The maximum Gasteiger partial charge on any atom is -0.0162 e. The van der Waals surface area contributed by atoms with Crippen LogP contribution in [0.5, 0.6) is 0 Å². The molecule has 0 radical (unpaired) electrons. The molecule has 1 aromatic rings. The van der Waals surface area contributed by atoms with E-state index < -0.39 is 0 Å². The molecule has 0 nitrogen and oxygen atoms in total. The summed E-state index contributed by atoms with van der Waals surface area (Å²) in [5.41, 5.74) is 3.14. The third-order valence-electron chi connectivity index (χ3n) is 7.23. The first-order valence-corrected chi connectivity index (χ1v) is 10.7. The van der Waals surface area contributed by atoms with Crippen molar-refractivity contribution in [2.24, 2.45) is 23.7 Å². The summed E-state index contributed by atoms with van der Waals surface area (Å²) >= 11 is 0. The fourth-order valence-electron chi connectivity index (χ4n) is 5.15. The summed E-state index contributed by atoms with van der Waals surface area (Å²) in [6.07, 6.45) is 14.4. The highest BCUT2D eigenvalue weighted by molar-refractivity contribution is 5.26. The largest absolute Gasteiger partial charge is 0.0651 e. The maximum atomic E-state index is 2.44. The summed E-state index contributed by atoms with van der Waals surface area (Å²) in [5.74, 6) is 4.73. The minimum absolute atomic E-state index is 0.810. The first-order chi connectivity index (χ1) is 11.7. The van der Waals surface area contributed by atoms with Crippen molar-refractivity contribution >= 4 is 0 Å². The van der Waals surface area contributed by atoms with E-state index in [4.69, 9.17) is 0 Å². The molecule has 0 heterocycles. The monoisotopic (exact) mass is 326 g/mol. The van der Waals surface area contributed by atoms with Gasteiger partial charge in [-0.05, 0) is 85.7 Å². The van der Waals surface area contributed by atoms with E-state index >= 15 is 0 Å². The zero-order chi connectivity index (χ0) is 16.9. The lowest BCUT2D eigenvalue weighted by Gasteiger charge is -2.37. The number of hydrogen-bond donors (Lipinski definition) is 0. The molecule has 0 N–H and O–H groups in total. The quantitative estimate of drug-likeness (QED) is 0.529. The SMILES string of the molecule is CCC(C)Cc1ccc(C2CCC(C3CCC(C)CC3)CC2)cc1. The van der Waals surface area contributed by atoms with E-state index in [9.17, 15) is 0 Å². The summed E-state index contributed by atoms with van der Waals surface area (Å²) in [6.45, 7) is 7.10. The van der Waals surface area contributed by atoms with Gasteiger partial charge in [0, 0.05) is 0 Å². The molecule has 0 amide bonds. The van der Waals surface area contributed by atoms with Crippen LogP contribution in [0.15, 0.2) is 24.3 Å². The molecule has 1 atom stereocenters. The lowest BCUT2D eigenvalue weighted by Crippen LogP contribution is -2.24. The van der Waals surface area contributed by atoms with Crippen LogP contribution >= 0.6 is 0 Å². The highest BCUT2D eigenvalue weighted by Gasteiger charge is 2.30. The predicted octanol–water partition coefficient (Wildman–Crippen LogP) is 7.38. The van der Waals surface area contributed by atoms with E-state index in [2.05, 4.69) is 45.0 Å². The number of benzene rings is 1. The van der Waals surface area contributed by atoms with Gasteiger partial charge in [-0.2, -0.15) is 0 Å². The first-order valence-electron chi connectivity index (χ1n) is 10.7. The predicted molar refractivity (Wildman–Crippen MR) is 105 cm³/mol. The average Bonchev–Trinajstić information content (AvgIpc) is 2.63. The molecule has 3 rings (SSSR count). The van der Waals surface area contributed by atoms with Crippen molar-refractivity contribution in [3.8, 4) is 0 Å². The van der Waals surface area contributed by atoms with Crippen LogP contribution in [0.4, 0.5) is 0 Å². The average molecular weight is 327 g/mol. The van der Waals surface area contributed by atoms with E-state index in [0.717, 1.165) is 29.6 Å². The third kappa shape index (κ3) is 4.64. The minimum Gasteiger partial charge on any atom is -0.0651 e. The Kier molecular flexibility index (Phi) is 6.42. The Hall–Kier alpha value is -0.780. The van der Waals surface area contributed by atoms with Crippen LogP contribution in [-0.4, -0.2) is 0 Å². The standard InChI is InChI=1S/C24H38/c1-4-18(2)17-20-7-11-22(12-8-20)24-15-13-23(14-16-24)21-9-5-19(3)6-10-21/h7-8,11-12,18-19,21,23-24H,4-6,9-10,13-17H2,1-3H3. The summed E-state index contributed by atoms with van der Waals surface area (Å²) in [5, 5.41) is 0. The molecule has 2 saturated carbocycles. The second kappa shape index (κ2) is 8.54. The Balaban J connectivity index is 1.49. The van der Waals surface area contributed by atoms with Crippen LogP contribution in [0.2, 0.25) is 0 Å². The van der Waals surface area contributed by atoms with Gasteiger partial charge in [0.25, 0.3) is 0 Å². The molecule has 1 aromatic carbocycles. The Labute approximate surface area is 150 Å². The van der Waals surface area contributed by atoms with Gasteiger partial charge in [0.05, 0.1) is 0 Å². The molecule has 2 aliphatic carbocycles. The molecule has 2 fully saturated rings. The Morgan fingerprint density at radius 1 is 0.833 bits per heavy atom. The fraction of sp³-hybridized carbons (Fsp3) is 0.750. The third-order valence-corrected chi connectivity index (χ3v) is 7.23. The molecule has 1 unspecified atom stereocenters. The van der Waals surface area contributed by atoms with Gasteiger partial charge in [-0.3, -0.25) is 0 Å². The highest BCUT2D eigenvalue weighted by Crippen LogP contribution is 2.43. The van der Waals surface area contributed by atoms with Gasteiger partial charge in [-0.15, -0.1) is 0 Å². The van der Waals surface area contributed by atoms with Crippen molar-refractivity contribution in [1.82, 2.24) is 0 Å². The lowest BCUT2D eigenvalue weighted by molar-refractivity contribution is 0.165. The van der Waals surface area contributed by atoms with Crippen molar-refractivity contribution in [2.45, 2.75) is 90.9 Å². The smallest absolute Gasteiger partial charge is 0.0162 e. The Morgan fingerprint density at radius 3 is 1.92 bits per heavy atom. The number of rotatable bonds is 5. The van der Waals surface area contributed by atoms with Gasteiger partial charge in [0.1, 0.15) is 0 Å². The molecule has 24 heavy (non-hydrogen) atoms. The summed E-state index contributed by atoms with van der Waals surface area (Å²) in [7, 11) is 0. The minimum atomic E-state index is 0.810. The summed E-state index contributed by atoms with van der Waals surface area (Å²) in [6, 6.07) is 9.67. The van der Waals surface area contributed by atoms with E-state index in [1.807, 2.05) is 0 Å². The summed E-state index contributed by atoms with van der Waals surface area (Å²) in [4.78, 5) is 0. The zero-order valence-corrected chi connectivity index (χ0v) is 16.3. The molecule has 0 heteroatoms. The van der Waals surface area contributed by atoms with Crippen molar-refractivity contribution < 1.29 is 0 Å². The number of hydrogen-bond acceptors (Lipinski definition) is 0. The van der Waals surface area contributed by atoms with Crippen LogP contribution in [0.3, 0.4) is 0 Å². The van der Waals surface area contributed by atoms with Crippen molar-refractivity contribution in [3.63, 3.8) is 0 Å². The molecule has 0 spiro atoms.